The molecule has 0 radical (unpaired) electrons. The van der Waals surface area contributed by atoms with Crippen LogP contribution in [0.25, 0.3) is 11.3 Å². The zero-order chi connectivity index (χ0) is 22.3. The predicted octanol–water partition coefficient (Wildman–Crippen LogP) is 5.62. The van der Waals surface area contributed by atoms with Crippen LogP contribution in [0, 0.1) is 5.92 Å². The smallest absolute Gasteiger partial charge is 0.267 e. The first-order chi connectivity index (χ1) is 13.9. The number of fused-ring (bicyclic) bond motifs is 1. The lowest BCUT2D eigenvalue weighted by Crippen LogP contribution is -2.32. The van der Waals surface area contributed by atoms with Crippen molar-refractivity contribution in [1.29, 1.82) is 0 Å². The molecule has 0 N–H and O–H groups in total. The van der Waals surface area contributed by atoms with Gasteiger partial charge in [-0.1, -0.05) is 37.6 Å². The van der Waals surface area contributed by atoms with E-state index in [1.165, 1.54) is 16.4 Å². The Labute approximate surface area is 175 Å². The molecule has 0 amide bonds. The number of allylic oxidation sites excluding steroid dienone is 1. The summed E-state index contributed by atoms with van der Waals surface area (Å²) in [5.41, 5.74) is 2.50. The van der Waals surface area contributed by atoms with Crippen LogP contribution in [0.2, 0.25) is 0 Å². The van der Waals surface area contributed by atoms with Crippen molar-refractivity contribution in [3.05, 3.63) is 59.3 Å². The third-order valence-corrected chi connectivity index (χ3v) is 6.84. The molecule has 0 spiro atoms. The summed E-state index contributed by atoms with van der Waals surface area (Å²) in [7, 11) is -3.54. The summed E-state index contributed by atoms with van der Waals surface area (Å²) < 4.78 is 65.7. The topological polar surface area (TPSA) is 50.3 Å². The van der Waals surface area contributed by atoms with Gasteiger partial charge in [-0.25, -0.2) is 8.42 Å². The number of pyridine rings is 1. The number of aromatic nitrogens is 1. The van der Waals surface area contributed by atoms with Gasteiger partial charge < -0.3 is 0 Å². The molecule has 0 aliphatic carbocycles. The van der Waals surface area contributed by atoms with Crippen LogP contribution in [-0.4, -0.2) is 25.7 Å². The van der Waals surface area contributed by atoms with Gasteiger partial charge in [0, 0.05) is 18.0 Å². The molecule has 1 unspecified atom stereocenters. The molecule has 30 heavy (non-hydrogen) atoms. The maximum atomic E-state index is 12.9. The fourth-order valence-electron chi connectivity index (χ4n) is 3.46. The number of halogens is 3. The first-order valence-corrected chi connectivity index (χ1v) is 11.3. The molecule has 1 atom stereocenters. The summed E-state index contributed by atoms with van der Waals surface area (Å²) in [6.07, 6.45) is -2.71. The van der Waals surface area contributed by atoms with Crippen LogP contribution in [0.5, 0.6) is 0 Å². The van der Waals surface area contributed by atoms with Crippen LogP contribution in [0.15, 0.2) is 48.0 Å². The number of alkyl halides is 3. The Morgan fingerprint density at radius 2 is 1.80 bits per heavy atom. The van der Waals surface area contributed by atoms with E-state index in [2.05, 4.69) is 4.98 Å². The van der Waals surface area contributed by atoms with Crippen LogP contribution in [0.1, 0.15) is 44.9 Å². The van der Waals surface area contributed by atoms with Crippen molar-refractivity contribution in [3.8, 4) is 11.3 Å². The molecule has 162 valence electrons. The first-order valence-electron chi connectivity index (χ1n) is 9.72. The molecule has 0 bridgehead atoms. The zero-order valence-electron chi connectivity index (χ0n) is 17.4. The average Bonchev–Trinajstić information content (AvgIpc) is 3.06. The van der Waals surface area contributed by atoms with E-state index in [9.17, 15) is 21.6 Å². The van der Waals surface area contributed by atoms with Gasteiger partial charge in [-0.3, -0.25) is 9.29 Å². The number of benzene rings is 1. The number of hydrogen-bond donors (Lipinski definition) is 0. The quantitative estimate of drug-likeness (QED) is 0.569. The highest BCUT2D eigenvalue weighted by atomic mass is 32.2. The summed E-state index contributed by atoms with van der Waals surface area (Å²) in [5.74, 6) is -0.0149. The lowest BCUT2D eigenvalue weighted by atomic mass is 9.93. The van der Waals surface area contributed by atoms with E-state index in [1.54, 1.807) is 18.2 Å². The molecule has 2 aromatic rings. The van der Waals surface area contributed by atoms with Crippen molar-refractivity contribution < 1.29 is 21.6 Å². The van der Waals surface area contributed by atoms with Crippen molar-refractivity contribution in [2.75, 3.05) is 16.6 Å². The molecular formula is C22H25F3N2O2S. The van der Waals surface area contributed by atoms with Gasteiger partial charge in [0.25, 0.3) is 0 Å². The highest BCUT2D eigenvalue weighted by Gasteiger charge is 2.38. The van der Waals surface area contributed by atoms with Gasteiger partial charge in [-0.05, 0) is 44.0 Å². The highest BCUT2D eigenvalue weighted by Crippen LogP contribution is 2.42. The number of hydrogen-bond acceptors (Lipinski definition) is 3. The van der Waals surface area contributed by atoms with E-state index in [4.69, 9.17) is 0 Å². The third-order valence-electron chi connectivity index (χ3n) is 5.24. The van der Waals surface area contributed by atoms with Crippen molar-refractivity contribution in [2.24, 2.45) is 5.92 Å². The van der Waals surface area contributed by atoms with Gasteiger partial charge in [0.05, 0.1) is 28.4 Å². The number of nitrogens with zero attached hydrogens (tertiary/aromatic N) is 2. The molecule has 2 heterocycles. The van der Waals surface area contributed by atoms with Gasteiger partial charge in [0.15, 0.2) is 0 Å². The Morgan fingerprint density at radius 3 is 2.33 bits per heavy atom. The van der Waals surface area contributed by atoms with E-state index >= 15 is 0 Å². The van der Waals surface area contributed by atoms with Gasteiger partial charge in [0.1, 0.15) is 0 Å². The Morgan fingerprint density at radius 1 is 1.17 bits per heavy atom. The summed E-state index contributed by atoms with van der Waals surface area (Å²) >= 11 is 0. The second kappa shape index (κ2) is 8.06. The van der Waals surface area contributed by atoms with Gasteiger partial charge in [-0.2, -0.15) is 13.2 Å². The summed E-state index contributed by atoms with van der Waals surface area (Å²) in [5, 5.41) is 0. The normalized spacial score (nSPS) is 16.7. The number of sulfonamides is 1. The molecule has 1 aromatic carbocycles. The SMILES string of the molecule is CC(C)=CCS(=O)(=O)N1CC(C(C)C)c2nc(-c3ccc(C(F)(F)F)cc3)ccc21. The largest absolute Gasteiger partial charge is 0.416 e. The molecule has 1 aliphatic rings. The molecule has 0 saturated carbocycles. The van der Waals surface area contributed by atoms with Crippen LogP contribution < -0.4 is 4.31 Å². The van der Waals surface area contributed by atoms with Crippen LogP contribution >= 0.6 is 0 Å². The molecule has 1 aromatic heterocycles. The number of rotatable bonds is 5. The van der Waals surface area contributed by atoms with E-state index in [-0.39, 0.29) is 17.6 Å². The third kappa shape index (κ3) is 4.53. The first kappa shape index (κ1) is 22.3. The molecule has 1 aliphatic heterocycles. The highest BCUT2D eigenvalue weighted by molar-refractivity contribution is 7.92. The van der Waals surface area contributed by atoms with Gasteiger partial charge >= 0.3 is 6.18 Å². The molecule has 4 nitrogen and oxygen atoms in total. The summed E-state index contributed by atoms with van der Waals surface area (Å²) in [6, 6.07) is 8.20. The Hall–Kier alpha value is -2.35. The fourth-order valence-corrected chi connectivity index (χ4v) is 5.02. The maximum Gasteiger partial charge on any atom is 0.416 e. The maximum absolute atomic E-state index is 12.9. The van der Waals surface area contributed by atoms with E-state index < -0.39 is 21.8 Å². The lowest BCUT2D eigenvalue weighted by molar-refractivity contribution is -0.137. The second-order valence-corrected chi connectivity index (χ2v) is 10.1. The molecule has 0 fully saturated rings. The van der Waals surface area contributed by atoms with Crippen molar-refractivity contribution in [3.63, 3.8) is 0 Å². The Balaban J connectivity index is 2.00. The molecule has 8 heteroatoms. The zero-order valence-corrected chi connectivity index (χ0v) is 18.2. The Bertz CT molecular complexity index is 1050. The minimum Gasteiger partial charge on any atom is -0.267 e. The lowest BCUT2D eigenvalue weighted by Gasteiger charge is -2.20. The van der Waals surface area contributed by atoms with E-state index in [0.717, 1.165) is 17.7 Å². The number of anilines is 1. The van der Waals surface area contributed by atoms with Crippen molar-refractivity contribution in [2.45, 2.75) is 39.8 Å². The van der Waals surface area contributed by atoms with Gasteiger partial charge in [0.2, 0.25) is 10.0 Å². The standard InChI is InChI=1S/C22H25F3N2O2S/c1-14(2)11-12-30(28,29)27-13-18(15(3)4)21-20(27)10-9-19(26-21)16-5-7-17(8-6-16)22(23,24)25/h5-11,15,18H,12-13H2,1-4H3. The van der Waals surface area contributed by atoms with Gasteiger partial charge in [-0.15, -0.1) is 0 Å². The van der Waals surface area contributed by atoms with Crippen LogP contribution in [0.4, 0.5) is 18.9 Å². The molecular weight excluding hydrogens is 413 g/mol. The fraction of sp³-hybridized carbons (Fsp3) is 0.409. The van der Waals surface area contributed by atoms with Crippen LogP contribution in [-0.2, 0) is 16.2 Å². The summed E-state index contributed by atoms with van der Waals surface area (Å²) in [4.78, 5) is 4.67. The second-order valence-electron chi connectivity index (χ2n) is 8.12. The van der Waals surface area contributed by atoms with E-state index in [1.807, 2.05) is 27.7 Å². The van der Waals surface area contributed by atoms with Crippen molar-refractivity contribution >= 4 is 15.7 Å². The average molecular weight is 439 g/mol. The monoisotopic (exact) mass is 438 g/mol. The molecule has 0 saturated heterocycles. The summed E-state index contributed by atoms with van der Waals surface area (Å²) in [6.45, 7) is 8.03. The van der Waals surface area contributed by atoms with Crippen molar-refractivity contribution in [1.82, 2.24) is 4.98 Å². The minimum atomic E-state index is -4.40. The minimum absolute atomic E-state index is 0.0831. The Kier molecular flexibility index (Phi) is 6.00. The van der Waals surface area contributed by atoms with Crippen LogP contribution in [0.3, 0.4) is 0 Å². The predicted molar refractivity (Wildman–Crippen MR) is 113 cm³/mol. The van der Waals surface area contributed by atoms with E-state index in [0.29, 0.717) is 29.2 Å². The molecule has 3 rings (SSSR count).